The molecule has 0 amide bonds. The van der Waals surface area contributed by atoms with Crippen molar-refractivity contribution in [2.24, 2.45) is 0 Å². The van der Waals surface area contributed by atoms with Crippen molar-refractivity contribution in [2.45, 2.75) is 29.2 Å². The summed E-state index contributed by atoms with van der Waals surface area (Å²) in [7, 11) is 0. The number of esters is 3. The van der Waals surface area contributed by atoms with Crippen LogP contribution in [0.4, 0.5) is 0 Å². The molecule has 12 heteroatoms. The van der Waals surface area contributed by atoms with Crippen LogP contribution in [0.3, 0.4) is 0 Å². The summed E-state index contributed by atoms with van der Waals surface area (Å²) in [6.07, 6.45) is -3.76. The molecule has 3 rings (SSSR count). The zero-order chi connectivity index (χ0) is 29.8. The largest absolute Gasteiger partial charge is 0.458 e. The predicted molar refractivity (Wildman–Crippen MR) is 153 cm³/mol. The van der Waals surface area contributed by atoms with E-state index in [-0.39, 0.29) is 16.7 Å². The molecule has 9 nitrogen and oxygen atoms in total. The highest BCUT2D eigenvalue weighted by Crippen LogP contribution is 2.28. The first-order valence-electron chi connectivity index (χ1n) is 12.2. The van der Waals surface area contributed by atoms with E-state index in [1.807, 2.05) is 0 Å². The highest BCUT2D eigenvalue weighted by atomic mass is 35.6. The number of nitrogens with one attached hydrogen (secondary N) is 1. The van der Waals surface area contributed by atoms with Crippen LogP contribution in [0, 0.1) is 5.41 Å². The highest BCUT2D eigenvalue weighted by molar-refractivity contribution is 6.76. The zero-order valence-electron chi connectivity index (χ0n) is 21.7. The van der Waals surface area contributed by atoms with Crippen molar-refractivity contribution < 1.29 is 38.1 Å². The van der Waals surface area contributed by atoms with Gasteiger partial charge in [-0.25, -0.2) is 14.4 Å². The monoisotopic (exact) mass is 621 g/mol. The number of rotatable bonds is 12. The lowest BCUT2D eigenvalue weighted by Crippen LogP contribution is -2.43. The minimum atomic E-state index is -2.13. The van der Waals surface area contributed by atoms with Gasteiger partial charge in [-0.2, -0.15) is 0 Å². The molecule has 216 valence electrons. The van der Waals surface area contributed by atoms with E-state index in [1.54, 1.807) is 66.7 Å². The average molecular weight is 623 g/mol. The molecule has 3 aromatic carbocycles. The van der Waals surface area contributed by atoms with Crippen LogP contribution in [-0.4, -0.2) is 59.3 Å². The molecule has 0 aliphatic carbocycles. The second-order valence-electron chi connectivity index (χ2n) is 8.43. The summed E-state index contributed by atoms with van der Waals surface area (Å²) in [5, 5.41) is 7.74. The van der Waals surface area contributed by atoms with Gasteiger partial charge in [0.25, 0.3) is 3.79 Å². The topological polar surface area (TPSA) is 121 Å². The van der Waals surface area contributed by atoms with Gasteiger partial charge in [-0.05, 0) is 43.3 Å². The van der Waals surface area contributed by atoms with E-state index in [9.17, 15) is 14.4 Å². The maximum Gasteiger partial charge on any atom is 0.338 e. The van der Waals surface area contributed by atoms with Gasteiger partial charge in [-0.3, -0.25) is 5.41 Å². The van der Waals surface area contributed by atoms with E-state index >= 15 is 0 Å². The van der Waals surface area contributed by atoms with Crippen molar-refractivity contribution in [3.05, 3.63) is 108 Å². The van der Waals surface area contributed by atoms with Crippen LogP contribution in [-0.2, 0) is 23.7 Å². The zero-order valence-corrected chi connectivity index (χ0v) is 24.0. The fourth-order valence-electron chi connectivity index (χ4n) is 3.31. The first-order valence-corrected chi connectivity index (χ1v) is 13.4. The lowest BCUT2D eigenvalue weighted by molar-refractivity contribution is -0.131. The van der Waals surface area contributed by atoms with Crippen molar-refractivity contribution in [3.63, 3.8) is 0 Å². The number of halogens is 3. The standard InChI is InChI=1S/C29H26Cl3NO8/c1-19(39-28(33)29(30,31)32)37-17-23(40-26(35)21-13-7-3-8-14-21)24(41-27(36)22-15-9-4-10-16-22)18-38-25(34)20-11-5-2-6-12-20/h2-16,19,23-24,33H,17-18H2,1H3/t19?,23-,24-/m0/s1. The van der Waals surface area contributed by atoms with E-state index in [2.05, 4.69) is 0 Å². The van der Waals surface area contributed by atoms with Gasteiger partial charge in [0.2, 0.25) is 5.90 Å². The first-order chi connectivity index (χ1) is 19.5. The van der Waals surface area contributed by atoms with Crippen molar-refractivity contribution >= 4 is 58.6 Å². The third-order valence-corrected chi connectivity index (χ3v) is 5.89. The van der Waals surface area contributed by atoms with Crippen LogP contribution < -0.4 is 0 Å². The van der Waals surface area contributed by atoms with E-state index in [0.717, 1.165) is 0 Å². The van der Waals surface area contributed by atoms with E-state index in [1.165, 1.54) is 31.2 Å². The molecular weight excluding hydrogens is 597 g/mol. The molecule has 1 unspecified atom stereocenters. The summed E-state index contributed by atoms with van der Waals surface area (Å²) in [5.74, 6) is -2.89. The van der Waals surface area contributed by atoms with Gasteiger partial charge in [-0.15, -0.1) is 0 Å². The maximum atomic E-state index is 13.0. The Labute approximate surface area is 251 Å². The van der Waals surface area contributed by atoms with Crippen LogP contribution in [0.25, 0.3) is 0 Å². The van der Waals surface area contributed by atoms with Crippen LogP contribution in [0.1, 0.15) is 38.0 Å². The number of carbonyl (C=O) groups excluding carboxylic acids is 3. The van der Waals surface area contributed by atoms with E-state index < -0.39 is 59.3 Å². The molecule has 41 heavy (non-hydrogen) atoms. The summed E-state index contributed by atoms with van der Waals surface area (Å²) in [5.41, 5.74) is 0.699. The number of carbonyl (C=O) groups is 3. The molecule has 0 heterocycles. The van der Waals surface area contributed by atoms with Crippen molar-refractivity contribution in [3.8, 4) is 0 Å². The second kappa shape index (κ2) is 15.4. The van der Waals surface area contributed by atoms with Crippen molar-refractivity contribution in [1.29, 1.82) is 5.41 Å². The Balaban J connectivity index is 1.84. The highest BCUT2D eigenvalue weighted by Gasteiger charge is 2.34. The molecule has 0 aromatic heterocycles. The SMILES string of the molecule is CC(OC[C@H](OC(=O)c1ccccc1)[C@H](COC(=O)c1ccccc1)OC(=O)c1ccccc1)OC(=N)C(Cl)(Cl)Cl. The van der Waals surface area contributed by atoms with Gasteiger partial charge in [0.05, 0.1) is 23.3 Å². The predicted octanol–water partition coefficient (Wildman–Crippen LogP) is 6.02. The molecular formula is C29H26Cl3NO8. The van der Waals surface area contributed by atoms with E-state index in [4.69, 9.17) is 63.9 Å². The lowest BCUT2D eigenvalue weighted by Gasteiger charge is -2.28. The normalized spacial score (nSPS) is 13.3. The van der Waals surface area contributed by atoms with Crippen molar-refractivity contribution in [2.75, 3.05) is 13.2 Å². The fraction of sp³-hybridized carbons (Fsp3) is 0.241. The quantitative estimate of drug-likeness (QED) is 0.0650. The first kappa shape index (κ1) is 31.9. The van der Waals surface area contributed by atoms with Crippen LogP contribution in [0.15, 0.2) is 91.0 Å². The average Bonchev–Trinajstić information content (AvgIpc) is 2.97. The Bertz CT molecular complexity index is 1300. The van der Waals surface area contributed by atoms with Gasteiger partial charge in [0, 0.05) is 0 Å². The molecule has 1 N–H and O–H groups in total. The summed E-state index contributed by atoms with van der Waals surface area (Å²) in [6, 6.07) is 24.4. The summed E-state index contributed by atoms with van der Waals surface area (Å²) < 4.78 is 25.4. The summed E-state index contributed by atoms with van der Waals surface area (Å²) >= 11 is 17.0. The Morgan fingerprint density at radius 2 is 1.05 bits per heavy atom. The number of ether oxygens (including phenoxy) is 5. The van der Waals surface area contributed by atoms with Crippen LogP contribution >= 0.6 is 34.8 Å². The molecule has 0 saturated heterocycles. The second-order valence-corrected chi connectivity index (χ2v) is 10.7. The van der Waals surface area contributed by atoms with Gasteiger partial charge in [-0.1, -0.05) is 89.4 Å². The molecule has 0 fully saturated rings. The van der Waals surface area contributed by atoms with Crippen molar-refractivity contribution in [1.82, 2.24) is 0 Å². The van der Waals surface area contributed by atoms with Gasteiger partial charge >= 0.3 is 17.9 Å². The minimum Gasteiger partial charge on any atom is -0.458 e. The molecule has 0 spiro atoms. The number of hydrogen-bond acceptors (Lipinski definition) is 9. The number of hydrogen-bond donors (Lipinski definition) is 1. The van der Waals surface area contributed by atoms with Gasteiger partial charge in [0.15, 0.2) is 18.5 Å². The fourth-order valence-corrected chi connectivity index (χ4v) is 3.44. The van der Waals surface area contributed by atoms with Gasteiger partial charge < -0.3 is 23.7 Å². The summed E-state index contributed by atoms with van der Waals surface area (Å²) in [6.45, 7) is 0.519. The minimum absolute atomic E-state index is 0.216. The summed E-state index contributed by atoms with van der Waals surface area (Å²) in [4.78, 5) is 38.6. The molecule has 0 radical (unpaired) electrons. The number of alkyl halides is 3. The molecule has 3 aromatic rings. The van der Waals surface area contributed by atoms with Crippen LogP contribution in [0.5, 0.6) is 0 Å². The Morgan fingerprint density at radius 3 is 1.46 bits per heavy atom. The Hall–Kier alpha value is -3.63. The molecule has 0 aliphatic rings. The van der Waals surface area contributed by atoms with Gasteiger partial charge in [0.1, 0.15) is 6.61 Å². The smallest absolute Gasteiger partial charge is 0.338 e. The lowest BCUT2D eigenvalue weighted by atomic mass is 10.2. The molecule has 0 bridgehead atoms. The van der Waals surface area contributed by atoms with Crippen LogP contribution in [0.2, 0.25) is 0 Å². The molecule has 0 saturated carbocycles. The third-order valence-electron chi connectivity index (χ3n) is 5.38. The molecule has 3 atom stereocenters. The Kier molecular flexibility index (Phi) is 12.0. The maximum absolute atomic E-state index is 13.0. The molecule has 0 aliphatic heterocycles. The third kappa shape index (κ3) is 10.4. The number of benzene rings is 3. The van der Waals surface area contributed by atoms with E-state index in [0.29, 0.717) is 0 Å². The Morgan fingerprint density at radius 1 is 0.659 bits per heavy atom.